The summed E-state index contributed by atoms with van der Waals surface area (Å²) < 4.78 is 5.29. The van der Waals surface area contributed by atoms with Crippen LogP contribution in [0.5, 0.6) is 5.75 Å². The van der Waals surface area contributed by atoms with Gasteiger partial charge in [-0.15, -0.1) is 0 Å². The van der Waals surface area contributed by atoms with Gasteiger partial charge in [-0.25, -0.2) is 0 Å². The fourth-order valence-electron chi connectivity index (χ4n) is 2.79. The van der Waals surface area contributed by atoms with Crippen molar-refractivity contribution in [3.8, 4) is 5.75 Å². The van der Waals surface area contributed by atoms with Gasteiger partial charge in [-0.2, -0.15) is 0 Å². The molecule has 2 aromatic carbocycles. The Morgan fingerprint density at radius 1 is 1.15 bits per heavy atom. The number of nitrogens with zero attached hydrogens (tertiary/aromatic N) is 1. The van der Waals surface area contributed by atoms with Gasteiger partial charge in [0.25, 0.3) is 0 Å². The van der Waals surface area contributed by atoms with Gasteiger partial charge in [-0.05, 0) is 35.5 Å². The van der Waals surface area contributed by atoms with Crippen molar-refractivity contribution in [2.75, 3.05) is 19.1 Å². The van der Waals surface area contributed by atoms with E-state index in [9.17, 15) is 5.11 Å². The number of hydrogen-bond donors (Lipinski definition) is 1. The van der Waals surface area contributed by atoms with Crippen molar-refractivity contribution in [2.45, 2.75) is 5.92 Å². The topological polar surface area (TPSA) is 32.7 Å². The Balaban J connectivity index is 2.26. The highest BCUT2D eigenvalue weighted by Crippen LogP contribution is 2.46. The standard InChI is InChI=1S/C16H15NO2S/c1-17-13-6-4-3-5-11(13)15(16(18)20)12-8-7-10(19-2)9-14(12)17/h3-9,15H,1-2H3,(H,18,20). The minimum atomic E-state index is -0.265. The van der Waals surface area contributed by atoms with Crippen LogP contribution >= 0.6 is 12.2 Å². The Labute approximate surface area is 123 Å². The van der Waals surface area contributed by atoms with E-state index >= 15 is 0 Å². The molecule has 1 atom stereocenters. The molecule has 2 aromatic rings. The quantitative estimate of drug-likeness (QED) is 0.851. The Kier molecular flexibility index (Phi) is 3.10. The molecule has 0 spiro atoms. The highest BCUT2D eigenvalue weighted by atomic mass is 32.1. The highest BCUT2D eigenvalue weighted by Gasteiger charge is 2.31. The Morgan fingerprint density at radius 2 is 1.85 bits per heavy atom. The van der Waals surface area contributed by atoms with Crippen molar-refractivity contribution in [1.82, 2.24) is 0 Å². The van der Waals surface area contributed by atoms with Crippen molar-refractivity contribution in [3.05, 3.63) is 53.6 Å². The molecular formula is C16H15NO2S. The third-order valence-electron chi connectivity index (χ3n) is 3.77. The summed E-state index contributed by atoms with van der Waals surface area (Å²) in [7, 11) is 3.65. The lowest BCUT2D eigenvalue weighted by molar-refractivity contribution is 0.414. The van der Waals surface area contributed by atoms with Crippen molar-refractivity contribution < 1.29 is 9.84 Å². The fourth-order valence-corrected chi connectivity index (χ4v) is 3.04. The van der Waals surface area contributed by atoms with Gasteiger partial charge >= 0.3 is 0 Å². The predicted octanol–water partition coefficient (Wildman–Crippen LogP) is 3.79. The number of para-hydroxylation sites is 1. The van der Waals surface area contributed by atoms with E-state index in [4.69, 9.17) is 17.0 Å². The lowest BCUT2D eigenvalue weighted by atomic mass is 9.85. The molecule has 0 aromatic heterocycles. The van der Waals surface area contributed by atoms with Crippen molar-refractivity contribution in [3.63, 3.8) is 0 Å². The van der Waals surface area contributed by atoms with E-state index in [0.29, 0.717) is 0 Å². The van der Waals surface area contributed by atoms with Gasteiger partial charge in [0.15, 0.2) is 5.05 Å². The second kappa shape index (κ2) is 4.80. The van der Waals surface area contributed by atoms with E-state index in [1.807, 2.05) is 49.5 Å². The van der Waals surface area contributed by atoms with Crippen LogP contribution in [0.2, 0.25) is 0 Å². The number of aliphatic hydroxyl groups excluding tert-OH is 1. The zero-order chi connectivity index (χ0) is 14.3. The van der Waals surface area contributed by atoms with E-state index in [2.05, 4.69) is 4.90 Å². The average molecular weight is 285 g/mol. The summed E-state index contributed by atoms with van der Waals surface area (Å²) in [6.45, 7) is 0. The van der Waals surface area contributed by atoms with Gasteiger partial charge in [-0.3, -0.25) is 0 Å². The molecule has 0 saturated carbocycles. The SMILES string of the molecule is COc1ccc2c(c1)N(C)c1ccccc1C2C(O)=S. The van der Waals surface area contributed by atoms with Crippen molar-refractivity contribution in [1.29, 1.82) is 0 Å². The largest absolute Gasteiger partial charge is 0.501 e. The molecule has 3 rings (SSSR count). The minimum absolute atomic E-state index is 0.00281. The lowest BCUT2D eigenvalue weighted by Crippen LogP contribution is -2.25. The van der Waals surface area contributed by atoms with Gasteiger partial charge in [0.05, 0.1) is 13.0 Å². The molecule has 0 aliphatic carbocycles. The number of ether oxygens (including phenoxy) is 1. The van der Waals surface area contributed by atoms with Gasteiger partial charge in [0.2, 0.25) is 0 Å². The van der Waals surface area contributed by atoms with Crippen LogP contribution < -0.4 is 9.64 Å². The normalized spacial score (nSPS) is 16.3. The van der Waals surface area contributed by atoms with Gasteiger partial charge in [0, 0.05) is 24.5 Å². The van der Waals surface area contributed by atoms with Crippen LogP contribution in [0.3, 0.4) is 0 Å². The summed E-state index contributed by atoms with van der Waals surface area (Å²) in [6, 6.07) is 13.8. The van der Waals surface area contributed by atoms with Crippen LogP contribution in [0.15, 0.2) is 42.5 Å². The predicted molar refractivity (Wildman–Crippen MR) is 84.6 cm³/mol. The number of anilines is 2. The molecule has 0 radical (unpaired) electrons. The monoisotopic (exact) mass is 285 g/mol. The molecule has 1 aliphatic heterocycles. The van der Waals surface area contributed by atoms with Crippen LogP contribution in [-0.4, -0.2) is 24.3 Å². The van der Waals surface area contributed by atoms with Gasteiger partial charge in [-0.1, -0.05) is 24.3 Å². The number of hydrogen-bond acceptors (Lipinski definition) is 3. The molecule has 0 fully saturated rings. The maximum atomic E-state index is 9.97. The molecule has 0 amide bonds. The third kappa shape index (κ3) is 1.84. The number of methoxy groups -OCH3 is 1. The first-order chi connectivity index (χ1) is 9.63. The van der Waals surface area contributed by atoms with Crippen LogP contribution in [0.25, 0.3) is 0 Å². The summed E-state index contributed by atoms with van der Waals surface area (Å²) in [5.41, 5.74) is 4.08. The molecule has 1 aliphatic rings. The second-order valence-electron chi connectivity index (χ2n) is 4.81. The summed E-state index contributed by atoms with van der Waals surface area (Å²) >= 11 is 5.07. The second-order valence-corrected chi connectivity index (χ2v) is 5.23. The lowest BCUT2D eigenvalue weighted by Gasteiger charge is -2.34. The zero-order valence-corrected chi connectivity index (χ0v) is 12.1. The minimum Gasteiger partial charge on any atom is -0.501 e. The first-order valence-electron chi connectivity index (χ1n) is 6.37. The molecule has 1 N–H and O–H groups in total. The molecule has 4 heteroatoms. The molecule has 20 heavy (non-hydrogen) atoms. The first-order valence-corrected chi connectivity index (χ1v) is 6.77. The van der Waals surface area contributed by atoms with E-state index in [1.165, 1.54) is 0 Å². The van der Waals surface area contributed by atoms with Crippen LogP contribution in [0, 0.1) is 0 Å². The highest BCUT2D eigenvalue weighted by molar-refractivity contribution is 7.80. The number of aliphatic hydroxyl groups is 1. The molecule has 102 valence electrons. The number of benzene rings is 2. The first kappa shape index (κ1) is 12.9. The Hall–Kier alpha value is -2.07. The summed E-state index contributed by atoms with van der Waals surface area (Å²) in [5.74, 6) is 0.524. The van der Waals surface area contributed by atoms with Gasteiger partial charge in [0.1, 0.15) is 5.75 Å². The number of thiocarbonyl (C=S) groups is 1. The van der Waals surface area contributed by atoms with Crippen LogP contribution in [0.1, 0.15) is 17.0 Å². The number of rotatable bonds is 2. The maximum Gasteiger partial charge on any atom is 0.168 e. The smallest absolute Gasteiger partial charge is 0.168 e. The molecule has 0 saturated heterocycles. The van der Waals surface area contributed by atoms with E-state index in [-0.39, 0.29) is 11.0 Å². The summed E-state index contributed by atoms with van der Waals surface area (Å²) in [6.07, 6.45) is 0. The van der Waals surface area contributed by atoms with Crippen LogP contribution in [0.4, 0.5) is 11.4 Å². The molecule has 3 nitrogen and oxygen atoms in total. The molecular weight excluding hydrogens is 270 g/mol. The Bertz CT molecular complexity index is 684. The number of fused-ring (bicyclic) bond motifs is 2. The molecule has 0 bridgehead atoms. The maximum absolute atomic E-state index is 9.97. The summed E-state index contributed by atoms with van der Waals surface area (Å²) in [4.78, 5) is 2.10. The Morgan fingerprint density at radius 3 is 2.55 bits per heavy atom. The zero-order valence-electron chi connectivity index (χ0n) is 11.3. The van der Waals surface area contributed by atoms with E-state index < -0.39 is 0 Å². The van der Waals surface area contributed by atoms with E-state index in [1.54, 1.807) is 7.11 Å². The third-order valence-corrected chi connectivity index (χ3v) is 4.00. The molecule has 1 heterocycles. The van der Waals surface area contributed by atoms with Crippen molar-refractivity contribution >= 4 is 28.6 Å². The molecule has 1 unspecified atom stereocenters. The van der Waals surface area contributed by atoms with E-state index in [0.717, 1.165) is 28.3 Å². The average Bonchev–Trinajstić information content (AvgIpc) is 2.47. The summed E-state index contributed by atoms with van der Waals surface area (Å²) in [5, 5.41) is 9.96. The van der Waals surface area contributed by atoms with Gasteiger partial charge < -0.3 is 14.7 Å². The van der Waals surface area contributed by atoms with Crippen LogP contribution in [-0.2, 0) is 0 Å². The van der Waals surface area contributed by atoms with Crippen molar-refractivity contribution in [2.24, 2.45) is 0 Å². The fraction of sp³-hybridized carbons (Fsp3) is 0.188.